The highest BCUT2D eigenvalue weighted by Gasteiger charge is 2.40. The van der Waals surface area contributed by atoms with Gasteiger partial charge in [0.2, 0.25) is 0 Å². The third-order valence-electron chi connectivity index (χ3n) is 2.14. The minimum Gasteiger partial charge on any atom is -0.324 e. The summed E-state index contributed by atoms with van der Waals surface area (Å²) in [5.74, 6) is 0. The molecular formula is C8H17NO2P+. The molecule has 0 radical (unpaired) electrons. The Hall–Kier alpha value is 0.0500. The molecule has 0 aliphatic heterocycles. The molecule has 4 heteroatoms. The summed E-state index contributed by atoms with van der Waals surface area (Å²) < 4.78 is 0. The number of hydrogen-bond donors (Lipinski definition) is 3. The standard InChI is InChI=1S/C8H17NO2P/c1-2-5-12(10,11)8-4-3-7(9)6-8/h6-7,10-11H,2-5,9H2,1H3/q+1/t7-/m1/s1. The van der Waals surface area contributed by atoms with Crippen LogP contribution in [-0.2, 0) is 0 Å². The van der Waals surface area contributed by atoms with Crippen LogP contribution in [0.25, 0.3) is 0 Å². The SMILES string of the molecule is CCC[P+](O)(O)C1=C[C@H](N)CC1. The summed E-state index contributed by atoms with van der Waals surface area (Å²) in [4.78, 5) is 19.3. The highest BCUT2D eigenvalue weighted by atomic mass is 31.2. The van der Waals surface area contributed by atoms with Crippen molar-refractivity contribution in [3.8, 4) is 0 Å². The minimum atomic E-state index is -2.75. The van der Waals surface area contributed by atoms with Gasteiger partial charge in [-0.3, -0.25) is 0 Å². The van der Waals surface area contributed by atoms with E-state index in [4.69, 9.17) is 5.73 Å². The Kier molecular flexibility index (Phi) is 3.24. The van der Waals surface area contributed by atoms with Gasteiger partial charge in [0, 0.05) is 12.5 Å². The molecule has 1 aliphatic carbocycles. The first-order valence-corrected chi connectivity index (χ1v) is 6.24. The molecule has 0 aromatic carbocycles. The van der Waals surface area contributed by atoms with Gasteiger partial charge >= 0.3 is 0 Å². The van der Waals surface area contributed by atoms with Gasteiger partial charge in [-0.2, -0.15) is 0 Å². The lowest BCUT2D eigenvalue weighted by molar-refractivity contribution is 0.456. The van der Waals surface area contributed by atoms with E-state index in [2.05, 4.69) is 0 Å². The monoisotopic (exact) mass is 190 g/mol. The molecule has 0 saturated carbocycles. The van der Waals surface area contributed by atoms with E-state index >= 15 is 0 Å². The van der Waals surface area contributed by atoms with Gasteiger partial charge in [-0.05, 0) is 18.9 Å². The van der Waals surface area contributed by atoms with Crippen LogP contribution in [0.3, 0.4) is 0 Å². The summed E-state index contributed by atoms with van der Waals surface area (Å²) >= 11 is 0. The molecule has 70 valence electrons. The van der Waals surface area contributed by atoms with Crippen molar-refractivity contribution in [2.75, 3.05) is 6.16 Å². The summed E-state index contributed by atoms with van der Waals surface area (Å²) in [6, 6.07) is 0.0375. The van der Waals surface area contributed by atoms with E-state index < -0.39 is 7.72 Å². The van der Waals surface area contributed by atoms with Gasteiger partial charge in [-0.15, -0.1) is 0 Å². The van der Waals surface area contributed by atoms with Crippen LogP contribution in [-0.4, -0.2) is 22.0 Å². The molecule has 0 bridgehead atoms. The molecule has 0 heterocycles. The van der Waals surface area contributed by atoms with E-state index in [9.17, 15) is 9.79 Å². The molecule has 1 aliphatic rings. The second-order valence-electron chi connectivity index (χ2n) is 3.31. The van der Waals surface area contributed by atoms with E-state index in [1.807, 2.05) is 13.0 Å². The van der Waals surface area contributed by atoms with Crippen molar-refractivity contribution in [3.63, 3.8) is 0 Å². The lowest BCUT2D eigenvalue weighted by atomic mass is 10.3. The van der Waals surface area contributed by atoms with Crippen LogP contribution in [0.4, 0.5) is 0 Å². The van der Waals surface area contributed by atoms with Crippen molar-refractivity contribution < 1.29 is 9.79 Å². The van der Waals surface area contributed by atoms with E-state index in [-0.39, 0.29) is 6.04 Å². The summed E-state index contributed by atoms with van der Waals surface area (Å²) in [7, 11) is -2.75. The second kappa shape index (κ2) is 3.84. The molecule has 0 amide bonds. The highest BCUT2D eigenvalue weighted by molar-refractivity contribution is 7.68. The molecule has 12 heavy (non-hydrogen) atoms. The zero-order chi connectivity index (χ0) is 9.19. The molecule has 0 aromatic heterocycles. The molecule has 0 saturated heterocycles. The van der Waals surface area contributed by atoms with Gasteiger partial charge in [-0.1, -0.05) is 6.92 Å². The fourth-order valence-electron chi connectivity index (χ4n) is 1.48. The van der Waals surface area contributed by atoms with Crippen molar-refractivity contribution in [1.29, 1.82) is 0 Å². The summed E-state index contributed by atoms with van der Waals surface area (Å²) in [5, 5.41) is 0.803. The smallest absolute Gasteiger partial charge is 0.295 e. The molecular weight excluding hydrogens is 173 g/mol. The molecule has 4 N–H and O–H groups in total. The van der Waals surface area contributed by atoms with Crippen LogP contribution in [0, 0.1) is 0 Å². The van der Waals surface area contributed by atoms with Crippen molar-refractivity contribution in [3.05, 3.63) is 11.4 Å². The van der Waals surface area contributed by atoms with Gasteiger partial charge in [0.1, 0.15) is 11.5 Å². The largest absolute Gasteiger partial charge is 0.324 e. The van der Waals surface area contributed by atoms with Crippen molar-refractivity contribution in [1.82, 2.24) is 0 Å². The molecule has 1 rings (SSSR count). The molecule has 0 fully saturated rings. The van der Waals surface area contributed by atoms with E-state index in [0.29, 0.717) is 6.16 Å². The number of allylic oxidation sites excluding steroid dienone is 1. The maximum atomic E-state index is 9.67. The fourth-order valence-corrected chi connectivity index (χ4v) is 3.31. The zero-order valence-corrected chi connectivity index (χ0v) is 8.30. The predicted octanol–water partition coefficient (Wildman–Crippen LogP) is 1.23. The van der Waals surface area contributed by atoms with Gasteiger partial charge in [0.25, 0.3) is 7.72 Å². The van der Waals surface area contributed by atoms with E-state index in [0.717, 1.165) is 24.6 Å². The maximum Gasteiger partial charge on any atom is 0.295 e. The first-order chi connectivity index (χ1) is 5.56. The summed E-state index contributed by atoms with van der Waals surface area (Å²) in [6.07, 6.45) is 4.77. The molecule has 3 nitrogen and oxygen atoms in total. The van der Waals surface area contributed by atoms with Crippen LogP contribution in [0.15, 0.2) is 11.4 Å². The minimum absolute atomic E-state index is 0.0375. The van der Waals surface area contributed by atoms with Crippen LogP contribution >= 0.6 is 7.72 Å². The van der Waals surface area contributed by atoms with Gasteiger partial charge < -0.3 is 5.73 Å². The first kappa shape index (κ1) is 10.1. The third kappa shape index (κ3) is 2.27. The average Bonchev–Trinajstić information content (AvgIpc) is 2.36. The first-order valence-electron chi connectivity index (χ1n) is 4.36. The van der Waals surface area contributed by atoms with Gasteiger partial charge in [0.15, 0.2) is 0 Å². The Labute approximate surface area is 73.8 Å². The van der Waals surface area contributed by atoms with Crippen molar-refractivity contribution in [2.24, 2.45) is 5.73 Å². The molecule has 0 aromatic rings. The Bertz CT molecular complexity index is 191. The van der Waals surface area contributed by atoms with Crippen molar-refractivity contribution >= 4 is 7.72 Å². The van der Waals surface area contributed by atoms with Crippen molar-refractivity contribution in [2.45, 2.75) is 32.2 Å². The lowest BCUT2D eigenvalue weighted by Crippen LogP contribution is -2.11. The third-order valence-corrected chi connectivity index (χ3v) is 4.50. The van der Waals surface area contributed by atoms with Crippen LogP contribution in [0.5, 0.6) is 0 Å². The normalized spacial score (nSPS) is 24.3. The topological polar surface area (TPSA) is 66.5 Å². The predicted molar refractivity (Wildman–Crippen MR) is 51.8 cm³/mol. The second-order valence-corrected chi connectivity index (χ2v) is 5.80. The summed E-state index contributed by atoms with van der Waals surface area (Å²) in [5.41, 5.74) is 5.64. The van der Waals surface area contributed by atoms with E-state index in [1.165, 1.54) is 0 Å². The maximum absolute atomic E-state index is 9.67. The Morgan fingerprint density at radius 3 is 2.75 bits per heavy atom. The van der Waals surface area contributed by atoms with Crippen LogP contribution in [0.2, 0.25) is 0 Å². The zero-order valence-electron chi connectivity index (χ0n) is 7.40. The number of nitrogens with two attached hydrogens (primary N) is 1. The Morgan fingerprint density at radius 2 is 2.33 bits per heavy atom. The average molecular weight is 190 g/mol. The molecule has 0 spiro atoms. The fraction of sp³-hybridized carbons (Fsp3) is 0.750. The van der Waals surface area contributed by atoms with Gasteiger partial charge in [-0.25, -0.2) is 9.79 Å². The van der Waals surface area contributed by atoms with Gasteiger partial charge in [0.05, 0.1) is 0 Å². The molecule has 1 atom stereocenters. The lowest BCUT2D eigenvalue weighted by Gasteiger charge is -2.11. The van der Waals surface area contributed by atoms with E-state index in [1.54, 1.807) is 0 Å². The Balaban J connectivity index is 2.62. The highest BCUT2D eigenvalue weighted by Crippen LogP contribution is 2.61. The Morgan fingerprint density at radius 1 is 1.67 bits per heavy atom. The number of hydrogen-bond acceptors (Lipinski definition) is 3. The summed E-state index contributed by atoms with van der Waals surface area (Å²) in [6.45, 7) is 1.95. The number of rotatable bonds is 3. The van der Waals surface area contributed by atoms with Crippen LogP contribution < -0.4 is 5.73 Å². The van der Waals surface area contributed by atoms with Crippen LogP contribution in [0.1, 0.15) is 26.2 Å². The quantitative estimate of drug-likeness (QED) is 0.586. The molecule has 0 unspecified atom stereocenters.